The molecule has 0 atom stereocenters. The van der Waals surface area contributed by atoms with Gasteiger partial charge in [-0.2, -0.15) is 0 Å². The Kier molecular flexibility index (Phi) is 3.19. The number of anilines is 2. The molecule has 1 aromatic rings. The second-order valence-corrected chi connectivity index (χ2v) is 4.38. The zero-order valence-corrected chi connectivity index (χ0v) is 9.29. The van der Waals surface area contributed by atoms with Crippen LogP contribution in [-0.2, 0) is 0 Å². The molecule has 0 unspecified atom stereocenters. The third kappa shape index (κ3) is 3.40. The summed E-state index contributed by atoms with van der Waals surface area (Å²) < 4.78 is 13.5. The lowest BCUT2D eigenvalue weighted by Crippen LogP contribution is -2.36. The fourth-order valence-corrected chi connectivity index (χ4v) is 1.50. The molecule has 0 aliphatic heterocycles. The number of nitrogens with two attached hydrogens (primary N) is 1. The lowest BCUT2D eigenvalue weighted by Gasteiger charge is -2.27. The highest BCUT2D eigenvalue weighted by Gasteiger charge is 2.17. The number of nitrogens with zero attached hydrogens (tertiary/aromatic N) is 1. The van der Waals surface area contributed by atoms with Crippen molar-refractivity contribution in [2.45, 2.75) is 19.4 Å². The Morgan fingerprint density at radius 3 is 2.53 bits per heavy atom. The normalized spacial score (nSPS) is 11.5. The molecule has 1 aromatic carbocycles. The van der Waals surface area contributed by atoms with Crippen LogP contribution in [0.2, 0.25) is 0 Å². The molecule has 0 spiro atoms. The van der Waals surface area contributed by atoms with Crippen LogP contribution in [0.25, 0.3) is 0 Å². The van der Waals surface area contributed by atoms with Gasteiger partial charge in [-0.15, -0.1) is 0 Å². The van der Waals surface area contributed by atoms with Crippen LogP contribution in [0, 0.1) is 5.82 Å². The molecule has 84 valence electrons. The maximum atomic E-state index is 13.5. The number of hydrogen-bond donors (Lipinski definition) is 2. The third-order valence-corrected chi connectivity index (χ3v) is 2.01. The van der Waals surface area contributed by atoms with Crippen LogP contribution in [0.15, 0.2) is 18.2 Å². The Morgan fingerprint density at radius 1 is 1.47 bits per heavy atom. The van der Waals surface area contributed by atoms with Crippen LogP contribution in [0.3, 0.4) is 0 Å². The van der Waals surface area contributed by atoms with Gasteiger partial charge in [-0.25, -0.2) is 4.39 Å². The minimum Gasteiger partial charge on any atom is -0.399 e. The highest BCUT2D eigenvalue weighted by atomic mass is 19.1. The van der Waals surface area contributed by atoms with Crippen LogP contribution in [0.5, 0.6) is 0 Å². The third-order valence-electron chi connectivity index (χ3n) is 2.01. The van der Waals surface area contributed by atoms with Crippen molar-refractivity contribution in [1.29, 1.82) is 0 Å². The summed E-state index contributed by atoms with van der Waals surface area (Å²) in [7, 11) is 1.73. The van der Waals surface area contributed by atoms with Gasteiger partial charge in [-0.05, 0) is 32.0 Å². The number of aliphatic hydroxyl groups is 1. The Labute approximate surface area is 89.3 Å². The van der Waals surface area contributed by atoms with Gasteiger partial charge in [0.15, 0.2) is 0 Å². The van der Waals surface area contributed by atoms with Gasteiger partial charge in [-0.1, -0.05) is 0 Å². The van der Waals surface area contributed by atoms with E-state index in [1.54, 1.807) is 37.9 Å². The molecule has 0 aromatic heterocycles. The molecule has 0 heterocycles. The second-order valence-electron chi connectivity index (χ2n) is 4.38. The number of hydrogen-bond acceptors (Lipinski definition) is 3. The maximum Gasteiger partial charge on any atom is 0.148 e. The zero-order chi connectivity index (χ0) is 11.6. The van der Waals surface area contributed by atoms with Gasteiger partial charge < -0.3 is 15.7 Å². The quantitative estimate of drug-likeness (QED) is 0.748. The van der Waals surface area contributed by atoms with Crippen molar-refractivity contribution < 1.29 is 9.50 Å². The summed E-state index contributed by atoms with van der Waals surface area (Å²) >= 11 is 0. The molecule has 0 aliphatic carbocycles. The number of nitrogen functional groups attached to an aromatic ring is 1. The van der Waals surface area contributed by atoms with Crippen LogP contribution in [0.4, 0.5) is 15.8 Å². The van der Waals surface area contributed by atoms with E-state index in [0.717, 1.165) is 0 Å². The first-order valence-corrected chi connectivity index (χ1v) is 4.78. The second kappa shape index (κ2) is 4.06. The smallest absolute Gasteiger partial charge is 0.148 e. The van der Waals surface area contributed by atoms with E-state index in [0.29, 0.717) is 17.9 Å². The summed E-state index contributed by atoms with van der Waals surface area (Å²) in [5.74, 6) is -0.373. The van der Waals surface area contributed by atoms with Crippen molar-refractivity contribution in [3.05, 3.63) is 24.0 Å². The number of likely N-dealkylation sites (N-methyl/N-ethyl adjacent to an activating group) is 1. The molecule has 0 saturated carbocycles. The van der Waals surface area contributed by atoms with Gasteiger partial charge in [0.05, 0.1) is 11.3 Å². The largest absolute Gasteiger partial charge is 0.399 e. The molecule has 0 aliphatic rings. The number of rotatable bonds is 3. The van der Waals surface area contributed by atoms with Crippen LogP contribution >= 0.6 is 0 Å². The molecule has 0 saturated heterocycles. The van der Waals surface area contributed by atoms with Crippen molar-refractivity contribution in [3.63, 3.8) is 0 Å². The topological polar surface area (TPSA) is 49.5 Å². The summed E-state index contributed by atoms with van der Waals surface area (Å²) in [5.41, 5.74) is 5.42. The number of benzene rings is 1. The molecular weight excluding hydrogens is 195 g/mol. The van der Waals surface area contributed by atoms with E-state index in [1.165, 1.54) is 6.07 Å². The van der Waals surface area contributed by atoms with Crippen LogP contribution in [0.1, 0.15) is 13.8 Å². The molecular formula is C11H17FN2O. The Morgan fingerprint density at radius 2 is 2.07 bits per heavy atom. The number of halogens is 1. The highest BCUT2D eigenvalue weighted by Crippen LogP contribution is 2.21. The zero-order valence-electron chi connectivity index (χ0n) is 9.29. The van der Waals surface area contributed by atoms with Crippen molar-refractivity contribution in [2.75, 3.05) is 24.2 Å². The first-order chi connectivity index (χ1) is 6.79. The SMILES string of the molecule is CN(CC(C)(C)O)c1ccc(N)cc1F. The molecule has 0 radical (unpaired) electrons. The average molecular weight is 212 g/mol. The fourth-order valence-electron chi connectivity index (χ4n) is 1.50. The van der Waals surface area contributed by atoms with Gasteiger partial charge in [0, 0.05) is 19.3 Å². The van der Waals surface area contributed by atoms with E-state index in [4.69, 9.17) is 5.73 Å². The van der Waals surface area contributed by atoms with Gasteiger partial charge in [0.25, 0.3) is 0 Å². The Hall–Kier alpha value is -1.29. The molecule has 1 rings (SSSR count). The van der Waals surface area contributed by atoms with Gasteiger partial charge in [-0.3, -0.25) is 0 Å². The van der Waals surface area contributed by atoms with E-state index in [1.807, 2.05) is 0 Å². The van der Waals surface area contributed by atoms with E-state index < -0.39 is 5.60 Å². The van der Waals surface area contributed by atoms with Crippen LogP contribution < -0.4 is 10.6 Å². The van der Waals surface area contributed by atoms with Crippen molar-refractivity contribution in [3.8, 4) is 0 Å². The summed E-state index contributed by atoms with van der Waals surface area (Å²) in [5, 5.41) is 9.61. The van der Waals surface area contributed by atoms with Crippen molar-refractivity contribution >= 4 is 11.4 Å². The molecule has 0 bridgehead atoms. The molecule has 3 N–H and O–H groups in total. The lowest BCUT2D eigenvalue weighted by atomic mass is 10.1. The van der Waals surface area contributed by atoms with E-state index in [9.17, 15) is 9.50 Å². The van der Waals surface area contributed by atoms with Crippen LogP contribution in [-0.4, -0.2) is 24.3 Å². The summed E-state index contributed by atoms with van der Waals surface area (Å²) in [6.45, 7) is 3.71. The standard InChI is InChI=1S/C11H17FN2O/c1-11(2,15)7-14(3)10-5-4-8(13)6-9(10)12/h4-6,15H,7,13H2,1-3H3. The van der Waals surface area contributed by atoms with Crippen molar-refractivity contribution in [1.82, 2.24) is 0 Å². The van der Waals surface area contributed by atoms with Gasteiger partial charge in [0.2, 0.25) is 0 Å². The molecule has 0 fully saturated rings. The summed E-state index contributed by atoms with van der Waals surface area (Å²) in [6, 6.07) is 4.52. The lowest BCUT2D eigenvalue weighted by molar-refractivity contribution is 0.0885. The van der Waals surface area contributed by atoms with E-state index >= 15 is 0 Å². The Balaban J connectivity index is 2.87. The van der Waals surface area contributed by atoms with Gasteiger partial charge in [0.1, 0.15) is 5.82 Å². The van der Waals surface area contributed by atoms with Gasteiger partial charge >= 0.3 is 0 Å². The minimum absolute atomic E-state index is 0.355. The van der Waals surface area contributed by atoms with E-state index in [2.05, 4.69) is 0 Å². The Bertz CT molecular complexity index is 347. The first kappa shape index (κ1) is 11.8. The fraction of sp³-hybridized carbons (Fsp3) is 0.455. The predicted molar refractivity (Wildman–Crippen MR) is 60.4 cm³/mol. The monoisotopic (exact) mass is 212 g/mol. The predicted octanol–water partition coefficient (Wildman–Crippen LogP) is 1.61. The first-order valence-electron chi connectivity index (χ1n) is 4.78. The summed E-state index contributed by atoms with van der Waals surface area (Å²) in [6.07, 6.45) is 0. The van der Waals surface area contributed by atoms with E-state index in [-0.39, 0.29) is 5.82 Å². The average Bonchev–Trinajstić information content (AvgIpc) is 1.99. The molecule has 0 amide bonds. The highest BCUT2D eigenvalue weighted by molar-refractivity contribution is 5.54. The summed E-state index contributed by atoms with van der Waals surface area (Å²) in [4.78, 5) is 1.66. The molecule has 4 heteroatoms. The maximum absolute atomic E-state index is 13.5. The minimum atomic E-state index is -0.859. The molecule has 15 heavy (non-hydrogen) atoms. The molecule has 3 nitrogen and oxygen atoms in total. The van der Waals surface area contributed by atoms with Crippen molar-refractivity contribution in [2.24, 2.45) is 0 Å².